The molecule has 3 aromatic rings. The number of halogens is 1. The summed E-state index contributed by atoms with van der Waals surface area (Å²) in [6, 6.07) is 21.9. The van der Waals surface area contributed by atoms with Crippen LogP contribution in [0.4, 0.5) is 5.69 Å². The van der Waals surface area contributed by atoms with E-state index < -0.39 is 0 Å². The van der Waals surface area contributed by atoms with Crippen LogP contribution in [0.5, 0.6) is 0 Å². The summed E-state index contributed by atoms with van der Waals surface area (Å²) in [4.78, 5) is 0. The molecule has 0 unspecified atom stereocenters. The lowest BCUT2D eigenvalue weighted by Crippen LogP contribution is -1.91. The van der Waals surface area contributed by atoms with E-state index in [0.717, 1.165) is 21.7 Å². The van der Waals surface area contributed by atoms with Gasteiger partial charge in [-0.1, -0.05) is 60.1 Å². The highest BCUT2D eigenvalue weighted by Gasteiger charge is 1.97. The SMILES string of the molecule is Clc1ccc(C=NNc2cccc3ccccc23)cc1. The minimum atomic E-state index is 0.726. The summed E-state index contributed by atoms with van der Waals surface area (Å²) in [6.45, 7) is 0. The molecule has 0 radical (unpaired) electrons. The molecule has 2 nitrogen and oxygen atoms in total. The fourth-order valence-electron chi connectivity index (χ4n) is 2.05. The van der Waals surface area contributed by atoms with Crippen LogP contribution in [0.2, 0.25) is 5.02 Å². The molecule has 0 fully saturated rings. The Kier molecular flexibility index (Phi) is 3.66. The van der Waals surface area contributed by atoms with Crippen LogP contribution in [0, 0.1) is 0 Å². The molecule has 0 aliphatic heterocycles. The number of rotatable bonds is 3. The van der Waals surface area contributed by atoms with Gasteiger partial charge in [-0.2, -0.15) is 5.10 Å². The summed E-state index contributed by atoms with van der Waals surface area (Å²) < 4.78 is 0. The molecule has 0 aliphatic carbocycles. The standard InChI is InChI=1S/C17H13ClN2/c18-15-10-8-13(9-11-15)12-19-20-17-7-3-5-14-4-1-2-6-16(14)17/h1-12,20H. The van der Waals surface area contributed by atoms with Crippen molar-refractivity contribution in [2.75, 3.05) is 5.43 Å². The van der Waals surface area contributed by atoms with E-state index in [4.69, 9.17) is 11.6 Å². The van der Waals surface area contributed by atoms with E-state index in [1.165, 1.54) is 5.39 Å². The number of hydrogen-bond donors (Lipinski definition) is 1. The van der Waals surface area contributed by atoms with E-state index in [0.29, 0.717) is 0 Å². The van der Waals surface area contributed by atoms with Gasteiger partial charge in [0.1, 0.15) is 0 Å². The molecule has 0 aromatic heterocycles. The van der Waals surface area contributed by atoms with Crippen LogP contribution in [-0.4, -0.2) is 6.21 Å². The Labute approximate surface area is 122 Å². The third-order valence-electron chi connectivity index (χ3n) is 3.06. The van der Waals surface area contributed by atoms with Crippen LogP contribution < -0.4 is 5.43 Å². The molecular weight excluding hydrogens is 268 g/mol. The molecule has 0 atom stereocenters. The highest BCUT2D eigenvalue weighted by Crippen LogP contribution is 2.22. The van der Waals surface area contributed by atoms with Crippen molar-refractivity contribution in [3.05, 3.63) is 77.3 Å². The van der Waals surface area contributed by atoms with Crippen LogP contribution in [0.3, 0.4) is 0 Å². The first-order valence-corrected chi connectivity index (χ1v) is 6.73. The Morgan fingerprint density at radius 2 is 1.60 bits per heavy atom. The summed E-state index contributed by atoms with van der Waals surface area (Å²) in [6.07, 6.45) is 1.78. The fourth-order valence-corrected chi connectivity index (χ4v) is 2.17. The average Bonchev–Trinajstić information content (AvgIpc) is 2.49. The zero-order valence-corrected chi connectivity index (χ0v) is 11.5. The first-order valence-electron chi connectivity index (χ1n) is 6.35. The minimum Gasteiger partial charge on any atom is -0.278 e. The molecule has 0 saturated carbocycles. The lowest BCUT2D eigenvalue weighted by Gasteiger charge is -2.05. The summed E-state index contributed by atoms with van der Waals surface area (Å²) in [5.41, 5.74) is 5.08. The summed E-state index contributed by atoms with van der Waals surface area (Å²) in [5, 5.41) is 7.35. The predicted octanol–water partition coefficient (Wildman–Crippen LogP) is 4.94. The quantitative estimate of drug-likeness (QED) is 0.533. The maximum Gasteiger partial charge on any atom is 0.0640 e. The fraction of sp³-hybridized carbons (Fsp3) is 0. The Bertz CT molecular complexity index is 743. The highest BCUT2D eigenvalue weighted by atomic mass is 35.5. The van der Waals surface area contributed by atoms with Gasteiger partial charge in [0.2, 0.25) is 0 Å². The molecule has 0 aliphatic rings. The van der Waals surface area contributed by atoms with Crippen molar-refractivity contribution < 1.29 is 0 Å². The number of nitrogens with zero attached hydrogens (tertiary/aromatic N) is 1. The van der Waals surface area contributed by atoms with Crippen molar-refractivity contribution in [1.82, 2.24) is 0 Å². The zero-order valence-electron chi connectivity index (χ0n) is 10.8. The highest BCUT2D eigenvalue weighted by molar-refractivity contribution is 6.30. The van der Waals surface area contributed by atoms with E-state index in [1.807, 2.05) is 48.5 Å². The molecular formula is C17H13ClN2. The van der Waals surface area contributed by atoms with Gasteiger partial charge in [0.15, 0.2) is 0 Å². The summed E-state index contributed by atoms with van der Waals surface area (Å²) in [5.74, 6) is 0. The number of anilines is 1. The maximum absolute atomic E-state index is 5.85. The van der Waals surface area contributed by atoms with Crippen molar-refractivity contribution >= 4 is 34.3 Å². The Hall–Kier alpha value is -2.32. The Morgan fingerprint density at radius 3 is 2.45 bits per heavy atom. The monoisotopic (exact) mass is 280 g/mol. The van der Waals surface area contributed by atoms with Crippen molar-refractivity contribution in [2.45, 2.75) is 0 Å². The molecule has 3 rings (SSSR count). The smallest absolute Gasteiger partial charge is 0.0640 e. The van der Waals surface area contributed by atoms with Crippen LogP contribution >= 0.6 is 11.6 Å². The average molecular weight is 281 g/mol. The molecule has 0 heterocycles. The second-order valence-electron chi connectivity index (χ2n) is 4.45. The van der Waals surface area contributed by atoms with Crippen LogP contribution in [0.1, 0.15) is 5.56 Å². The molecule has 3 aromatic carbocycles. The normalized spacial score (nSPS) is 11.1. The van der Waals surface area contributed by atoms with E-state index >= 15 is 0 Å². The molecule has 3 heteroatoms. The molecule has 98 valence electrons. The zero-order chi connectivity index (χ0) is 13.8. The van der Waals surface area contributed by atoms with E-state index in [1.54, 1.807) is 6.21 Å². The van der Waals surface area contributed by atoms with Crippen LogP contribution in [-0.2, 0) is 0 Å². The number of benzene rings is 3. The third-order valence-corrected chi connectivity index (χ3v) is 3.31. The Morgan fingerprint density at radius 1 is 0.850 bits per heavy atom. The van der Waals surface area contributed by atoms with Crippen molar-refractivity contribution in [3.8, 4) is 0 Å². The van der Waals surface area contributed by atoms with E-state index in [-0.39, 0.29) is 0 Å². The molecule has 0 saturated heterocycles. The van der Waals surface area contributed by atoms with Crippen LogP contribution in [0.25, 0.3) is 10.8 Å². The van der Waals surface area contributed by atoms with Gasteiger partial charge in [0.25, 0.3) is 0 Å². The summed E-state index contributed by atoms with van der Waals surface area (Å²) in [7, 11) is 0. The van der Waals surface area contributed by atoms with Gasteiger partial charge in [-0.15, -0.1) is 0 Å². The van der Waals surface area contributed by atoms with Crippen molar-refractivity contribution in [2.24, 2.45) is 5.10 Å². The Balaban J connectivity index is 1.81. The molecule has 1 N–H and O–H groups in total. The molecule has 0 spiro atoms. The molecule has 0 amide bonds. The van der Waals surface area contributed by atoms with Gasteiger partial charge in [0, 0.05) is 10.4 Å². The molecule has 0 bridgehead atoms. The topological polar surface area (TPSA) is 24.4 Å². The first-order chi connectivity index (χ1) is 9.83. The first kappa shape index (κ1) is 12.7. The van der Waals surface area contributed by atoms with Gasteiger partial charge in [-0.3, -0.25) is 5.43 Å². The summed E-state index contributed by atoms with van der Waals surface area (Å²) >= 11 is 5.85. The van der Waals surface area contributed by atoms with Gasteiger partial charge in [0.05, 0.1) is 11.9 Å². The van der Waals surface area contributed by atoms with Crippen molar-refractivity contribution in [1.29, 1.82) is 0 Å². The van der Waals surface area contributed by atoms with Gasteiger partial charge >= 0.3 is 0 Å². The maximum atomic E-state index is 5.85. The van der Waals surface area contributed by atoms with Crippen molar-refractivity contribution in [3.63, 3.8) is 0 Å². The minimum absolute atomic E-state index is 0.726. The molecule has 20 heavy (non-hydrogen) atoms. The predicted molar refractivity (Wildman–Crippen MR) is 86.6 cm³/mol. The van der Waals surface area contributed by atoms with Gasteiger partial charge in [-0.25, -0.2) is 0 Å². The third kappa shape index (κ3) is 2.81. The number of fused-ring (bicyclic) bond motifs is 1. The van der Waals surface area contributed by atoms with Gasteiger partial charge < -0.3 is 0 Å². The number of hydrazone groups is 1. The number of hydrogen-bond acceptors (Lipinski definition) is 2. The second kappa shape index (κ2) is 5.76. The second-order valence-corrected chi connectivity index (χ2v) is 4.88. The lowest BCUT2D eigenvalue weighted by atomic mass is 10.1. The van der Waals surface area contributed by atoms with Crippen LogP contribution in [0.15, 0.2) is 71.8 Å². The van der Waals surface area contributed by atoms with E-state index in [9.17, 15) is 0 Å². The number of nitrogens with one attached hydrogen (secondary N) is 1. The van der Waals surface area contributed by atoms with E-state index in [2.05, 4.69) is 28.7 Å². The largest absolute Gasteiger partial charge is 0.278 e. The van der Waals surface area contributed by atoms with Gasteiger partial charge in [-0.05, 0) is 29.1 Å². The lowest BCUT2D eigenvalue weighted by molar-refractivity contribution is 1.36.